The number of nitrogens with zero attached hydrogens (tertiary/aromatic N) is 1. The number of rotatable bonds is 2. The lowest BCUT2D eigenvalue weighted by molar-refractivity contribution is 0.532. The summed E-state index contributed by atoms with van der Waals surface area (Å²) in [6.07, 6.45) is 4.95. The van der Waals surface area contributed by atoms with Crippen LogP contribution in [0.4, 0.5) is 4.39 Å². The summed E-state index contributed by atoms with van der Waals surface area (Å²) in [6, 6.07) is 7.70. The average molecular weight is 223 g/mol. The lowest BCUT2D eigenvalue weighted by atomic mass is 10.3. The van der Waals surface area contributed by atoms with Crippen molar-refractivity contribution in [1.82, 2.24) is 4.98 Å². The fraction of sp³-hybridized carbons (Fsp3) is 0.100. The van der Waals surface area contributed by atoms with Gasteiger partial charge in [-0.25, -0.2) is 9.37 Å². The molecule has 1 heterocycles. The molecule has 0 spiro atoms. The maximum absolute atomic E-state index is 12.8. The Kier molecular flexibility index (Phi) is 2.71. The second-order valence-electron chi connectivity index (χ2n) is 2.55. The monoisotopic (exact) mass is 223 g/mol. The van der Waals surface area contributed by atoms with Crippen molar-refractivity contribution in [1.29, 1.82) is 0 Å². The van der Waals surface area contributed by atoms with Crippen LogP contribution in [0.25, 0.3) is 10.2 Å². The van der Waals surface area contributed by atoms with Crippen molar-refractivity contribution in [2.24, 2.45) is 0 Å². The number of terminal acetylenes is 1. The van der Waals surface area contributed by atoms with Crippen LogP contribution < -0.4 is 0 Å². The quantitative estimate of drug-likeness (QED) is 0.572. The van der Waals surface area contributed by atoms with Gasteiger partial charge in [0.05, 0.1) is 10.2 Å². The third kappa shape index (κ3) is 1.89. The first-order valence-electron chi connectivity index (χ1n) is 3.92. The highest BCUT2D eigenvalue weighted by Gasteiger charge is 2.08. The van der Waals surface area contributed by atoms with Crippen LogP contribution in [-0.2, 0) is 0 Å². The predicted molar refractivity (Wildman–Crippen MR) is 59.2 cm³/mol. The van der Waals surface area contributed by atoms with Crippen LogP contribution in [0.1, 0.15) is 0 Å². The van der Waals surface area contributed by atoms with Crippen molar-refractivity contribution in [3.8, 4) is 12.3 Å². The topological polar surface area (TPSA) is 12.9 Å². The number of thioether (sulfide) groups is 1. The van der Waals surface area contributed by atoms with E-state index in [1.165, 1.54) is 11.3 Å². The first-order chi connectivity index (χ1) is 6.79. The molecule has 0 saturated carbocycles. The summed E-state index contributed by atoms with van der Waals surface area (Å²) in [5.74, 6) is 2.02. The summed E-state index contributed by atoms with van der Waals surface area (Å²) >= 11 is 2.43. The van der Waals surface area contributed by atoms with Crippen molar-refractivity contribution >= 4 is 33.3 Å². The van der Waals surface area contributed by atoms with E-state index in [0.717, 1.165) is 22.0 Å². The van der Waals surface area contributed by atoms with Crippen LogP contribution in [0, 0.1) is 12.3 Å². The van der Waals surface area contributed by atoms with Gasteiger partial charge in [0.25, 0.3) is 0 Å². The summed E-state index contributed by atoms with van der Waals surface area (Å²) < 4.78 is 14.6. The van der Waals surface area contributed by atoms with Gasteiger partial charge < -0.3 is 0 Å². The minimum Gasteiger partial charge on any atom is -0.230 e. The van der Waals surface area contributed by atoms with Gasteiger partial charge in [0.2, 0.25) is 5.50 Å². The van der Waals surface area contributed by atoms with Crippen molar-refractivity contribution in [3.05, 3.63) is 24.3 Å². The minimum atomic E-state index is -1.31. The molecule has 1 aromatic carbocycles. The van der Waals surface area contributed by atoms with E-state index < -0.39 is 5.50 Å². The highest BCUT2D eigenvalue weighted by atomic mass is 32.2. The Morgan fingerprint density at radius 3 is 3.00 bits per heavy atom. The molecule has 0 fully saturated rings. The van der Waals surface area contributed by atoms with E-state index in [-0.39, 0.29) is 0 Å². The highest BCUT2D eigenvalue weighted by molar-refractivity contribution is 8.01. The van der Waals surface area contributed by atoms with Gasteiger partial charge in [-0.15, -0.1) is 17.8 Å². The number of hydrogen-bond donors (Lipinski definition) is 0. The van der Waals surface area contributed by atoms with E-state index in [0.29, 0.717) is 4.34 Å². The molecule has 0 aliphatic carbocycles. The highest BCUT2D eigenvalue weighted by Crippen LogP contribution is 2.31. The van der Waals surface area contributed by atoms with Gasteiger partial charge in [0.15, 0.2) is 4.34 Å². The number of thiazole rings is 1. The number of alkyl halides is 1. The number of aromatic nitrogens is 1. The maximum atomic E-state index is 12.8. The Morgan fingerprint density at radius 1 is 1.50 bits per heavy atom. The standard InChI is InChI=1S/C10H6FNS2/c1-2-9(11)14-10-12-7-5-3-4-6-8(7)13-10/h1,3-6,9H/t9-/m1/s1. The van der Waals surface area contributed by atoms with E-state index in [1.54, 1.807) is 0 Å². The molecule has 2 aromatic rings. The van der Waals surface area contributed by atoms with Crippen LogP contribution in [-0.4, -0.2) is 10.5 Å². The number of fused-ring (bicyclic) bond motifs is 1. The predicted octanol–water partition coefficient (Wildman–Crippen LogP) is 3.32. The number of benzene rings is 1. The third-order valence-electron chi connectivity index (χ3n) is 1.61. The molecule has 2 rings (SSSR count). The summed E-state index contributed by atoms with van der Waals surface area (Å²) in [4.78, 5) is 4.25. The Hall–Kier alpha value is -1.05. The van der Waals surface area contributed by atoms with E-state index >= 15 is 0 Å². The molecule has 14 heavy (non-hydrogen) atoms. The van der Waals surface area contributed by atoms with Gasteiger partial charge in [-0.1, -0.05) is 18.1 Å². The normalized spacial score (nSPS) is 12.6. The van der Waals surface area contributed by atoms with Gasteiger partial charge >= 0.3 is 0 Å². The Balaban J connectivity index is 2.32. The largest absolute Gasteiger partial charge is 0.230 e. The molecule has 0 radical (unpaired) electrons. The van der Waals surface area contributed by atoms with Gasteiger partial charge in [-0.05, 0) is 23.9 Å². The molecule has 0 bridgehead atoms. The zero-order valence-electron chi connectivity index (χ0n) is 7.11. The van der Waals surface area contributed by atoms with Crippen molar-refractivity contribution < 1.29 is 4.39 Å². The molecule has 1 aromatic heterocycles. The van der Waals surface area contributed by atoms with Crippen LogP contribution in [0.5, 0.6) is 0 Å². The Bertz CT molecular complexity index is 453. The summed E-state index contributed by atoms with van der Waals surface area (Å²) in [5.41, 5.74) is -0.417. The lowest BCUT2D eigenvalue weighted by Crippen LogP contribution is -1.85. The van der Waals surface area contributed by atoms with Crippen LogP contribution in [0.2, 0.25) is 0 Å². The lowest BCUT2D eigenvalue weighted by Gasteiger charge is -1.93. The van der Waals surface area contributed by atoms with Gasteiger partial charge in [-0.3, -0.25) is 0 Å². The van der Waals surface area contributed by atoms with Crippen LogP contribution in [0.15, 0.2) is 28.6 Å². The zero-order valence-corrected chi connectivity index (χ0v) is 8.74. The molecule has 1 atom stereocenters. The Morgan fingerprint density at radius 2 is 2.29 bits per heavy atom. The second-order valence-corrected chi connectivity index (χ2v) is 4.87. The molecule has 1 nitrogen and oxygen atoms in total. The smallest absolute Gasteiger partial charge is 0.212 e. The maximum Gasteiger partial charge on any atom is 0.212 e. The molecule has 4 heteroatoms. The number of halogens is 1. The van der Waals surface area contributed by atoms with E-state index in [1.807, 2.05) is 30.2 Å². The number of para-hydroxylation sites is 1. The molecule has 0 saturated heterocycles. The van der Waals surface area contributed by atoms with Gasteiger partial charge in [-0.2, -0.15) is 0 Å². The molecule has 0 aliphatic heterocycles. The minimum absolute atomic E-state index is 0.677. The first kappa shape index (κ1) is 9.50. The summed E-state index contributed by atoms with van der Waals surface area (Å²) in [7, 11) is 0. The summed E-state index contributed by atoms with van der Waals surface area (Å²) in [6.45, 7) is 0. The molecule has 0 N–H and O–H groups in total. The average Bonchev–Trinajstić information content (AvgIpc) is 2.59. The molecule has 0 amide bonds. The molecular formula is C10H6FNS2. The van der Waals surface area contributed by atoms with Gasteiger partial charge in [0.1, 0.15) is 0 Å². The van der Waals surface area contributed by atoms with Crippen LogP contribution in [0.3, 0.4) is 0 Å². The zero-order chi connectivity index (χ0) is 9.97. The molecule has 70 valence electrons. The first-order valence-corrected chi connectivity index (χ1v) is 5.61. The van der Waals surface area contributed by atoms with Crippen molar-refractivity contribution in [3.63, 3.8) is 0 Å². The third-order valence-corrected chi connectivity index (χ3v) is 3.62. The van der Waals surface area contributed by atoms with E-state index in [9.17, 15) is 4.39 Å². The van der Waals surface area contributed by atoms with Gasteiger partial charge in [0, 0.05) is 0 Å². The molecular weight excluding hydrogens is 217 g/mol. The summed E-state index contributed by atoms with van der Waals surface area (Å²) in [5, 5.41) is 0. The van der Waals surface area contributed by atoms with E-state index in [4.69, 9.17) is 6.42 Å². The van der Waals surface area contributed by atoms with Crippen molar-refractivity contribution in [2.75, 3.05) is 0 Å². The second kappa shape index (κ2) is 3.99. The van der Waals surface area contributed by atoms with E-state index in [2.05, 4.69) is 4.98 Å². The van der Waals surface area contributed by atoms with Crippen LogP contribution >= 0.6 is 23.1 Å². The number of hydrogen-bond acceptors (Lipinski definition) is 3. The molecule has 0 unspecified atom stereocenters. The molecule has 0 aliphatic rings. The fourth-order valence-electron chi connectivity index (χ4n) is 1.02. The van der Waals surface area contributed by atoms with Crippen molar-refractivity contribution in [2.45, 2.75) is 9.84 Å². The fourth-order valence-corrected chi connectivity index (χ4v) is 2.83. The SMILES string of the molecule is C#C[C@H](F)Sc1nc2ccccc2s1. The Labute approximate surface area is 89.4 Å².